The number of carbonyl (C=O) groups is 2. The number of piperidine rings is 1. The molecule has 2 atom stereocenters. The van der Waals surface area contributed by atoms with Crippen molar-refractivity contribution in [2.24, 2.45) is 0 Å². The summed E-state index contributed by atoms with van der Waals surface area (Å²) in [5.41, 5.74) is 0.624. The number of hydrogen-bond acceptors (Lipinski definition) is 5. The minimum Gasteiger partial charge on any atom is -0.481 e. The minimum absolute atomic E-state index is 0.128. The lowest BCUT2D eigenvalue weighted by Crippen LogP contribution is -2.52. The molecule has 35 heavy (non-hydrogen) atoms. The number of hydrogen-bond donors (Lipinski definition) is 1. The second kappa shape index (κ2) is 10.7. The lowest BCUT2D eigenvalue weighted by atomic mass is 10.0. The molecule has 0 unspecified atom stereocenters. The smallest absolute Gasteiger partial charge is 0.336 e. The fourth-order valence-corrected chi connectivity index (χ4v) is 4.57. The third-order valence-corrected chi connectivity index (χ3v) is 6.37. The van der Waals surface area contributed by atoms with Gasteiger partial charge in [-0.15, -0.1) is 11.6 Å². The van der Waals surface area contributed by atoms with Gasteiger partial charge in [0.05, 0.1) is 5.02 Å². The first-order valence-corrected chi connectivity index (χ1v) is 12.0. The van der Waals surface area contributed by atoms with E-state index in [-0.39, 0.29) is 34.3 Å². The first-order chi connectivity index (χ1) is 16.7. The maximum atomic E-state index is 13.5. The van der Waals surface area contributed by atoms with E-state index in [2.05, 4.69) is 5.32 Å². The maximum absolute atomic E-state index is 13.5. The summed E-state index contributed by atoms with van der Waals surface area (Å²) in [5, 5.41) is 3.56. The number of nitrogens with zero attached hydrogens (tertiary/aromatic N) is 1. The molecule has 1 N–H and O–H groups in total. The summed E-state index contributed by atoms with van der Waals surface area (Å²) in [6.45, 7) is 2.58. The zero-order valence-corrected chi connectivity index (χ0v) is 20.4. The molecule has 4 rings (SSSR count). The molecule has 0 saturated carbocycles. The van der Waals surface area contributed by atoms with Gasteiger partial charge in [-0.1, -0.05) is 11.6 Å². The van der Waals surface area contributed by atoms with Crippen LogP contribution in [0.2, 0.25) is 5.02 Å². The Morgan fingerprint density at radius 2 is 2.03 bits per heavy atom. The standard InChI is InChI=1S/C25H23Cl2FN2O5/c1-14(25(33)30-8-2-3-16(13-30)29-23(31)12-26)34-17-5-7-19-20(11-24(32)35-22(19)10-17)18-6-4-15(28)9-21(18)27/h4-7,9-11,14,16H,2-3,8,12-13H2,1H3,(H,29,31)/t14-,16+/m1/s1. The van der Waals surface area contributed by atoms with Gasteiger partial charge >= 0.3 is 5.63 Å². The van der Waals surface area contributed by atoms with Gasteiger partial charge in [0.2, 0.25) is 5.91 Å². The monoisotopic (exact) mass is 520 g/mol. The highest BCUT2D eigenvalue weighted by Crippen LogP contribution is 2.34. The van der Waals surface area contributed by atoms with E-state index in [0.717, 1.165) is 12.8 Å². The topological polar surface area (TPSA) is 88.8 Å². The van der Waals surface area contributed by atoms with Crippen LogP contribution in [0.3, 0.4) is 0 Å². The van der Waals surface area contributed by atoms with Crippen LogP contribution >= 0.6 is 23.2 Å². The third kappa shape index (κ3) is 5.77. The van der Waals surface area contributed by atoms with Crippen LogP contribution in [0.25, 0.3) is 22.1 Å². The molecule has 1 aliphatic rings. The van der Waals surface area contributed by atoms with Crippen molar-refractivity contribution in [1.29, 1.82) is 0 Å². The maximum Gasteiger partial charge on any atom is 0.336 e. The summed E-state index contributed by atoms with van der Waals surface area (Å²) in [6, 6.07) is 9.96. The predicted molar refractivity (Wildman–Crippen MR) is 131 cm³/mol. The van der Waals surface area contributed by atoms with Gasteiger partial charge in [-0.25, -0.2) is 9.18 Å². The lowest BCUT2D eigenvalue weighted by Gasteiger charge is -2.34. The van der Waals surface area contributed by atoms with Gasteiger partial charge in [-0.2, -0.15) is 0 Å². The number of carbonyl (C=O) groups excluding carboxylic acids is 2. The highest BCUT2D eigenvalue weighted by atomic mass is 35.5. The minimum atomic E-state index is -0.809. The zero-order valence-electron chi connectivity index (χ0n) is 18.9. The van der Waals surface area contributed by atoms with Gasteiger partial charge in [0, 0.05) is 47.8 Å². The number of fused-ring (bicyclic) bond motifs is 1. The Balaban J connectivity index is 1.53. The average molecular weight is 521 g/mol. The molecule has 2 amide bonds. The predicted octanol–water partition coefficient (Wildman–Crippen LogP) is 4.37. The van der Waals surface area contributed by atoms with E-state index in [0.29, 0.717) is 35.4 Å². The van der Waals surface area contributed by atoms with Crippen molar-refractivity contribution < 1.29 is 23.1 Å². The van der Waals surface area contributed by atoms with E-state index in [1.165, 1.54) is 30.3 Å². The van der Waals surface area contributed by atoms with Crippen LogP contribution in [0.4, 0.5) is 4.39 Å². The Kier molecular flexibility index (Phi) is 7.62. The molecule has 1 saturated heterocycles. The molecule has 0 radical (unpaired) electrons. The van der Waals surface area contributed by atoms with Crippen molar-refractivity contribution in [3.05, 3.63) is 63.7 Å². The normalized spacial score (nSPS) is 16.7. The molecular formula is C25H23Cl2FN2O5. The molecule has 2 heterocycles. The number of rotatable bonds is 6. The summed E-state index contributed by atoms with van der Waals surface area (Å²) in [4.78, 5) is 38.4. The van der Waals surface area contributed by atoms with E-state index >= 15 is 0 Å². The van der Waals surface area contributed by atoms with E-state index in [4.69, 9.17) is 32.4 Å². The van der Waals surface area contributed by atoms with Gasteiger partial charge in [-0.05, 0) is 50.1 Å². The zero-order chi connectivity index (χ0) is 25.1. The van der Waals surface area contributed by atoms with E-state index < -0.39 is 17.5 Å². The van der Waals surface area contributed by atoms with Crippen LogP contribution in [-0.4, -0.2) is 47.8 Å². The fourth-order valence-electron chi connectivity index (χ4n) is 4.22. The Hall–Kier alpha value is -3.10. The molecule has 0 aliphatic carbocycles. The first kappa shape index (κ1) is 25.0. The highest BCUT2D eigenvalue weighted by Gasteiger charge is 2.28. The van der Waals surface area contributed by atoms with Gasteiger partial charge in [0.25, 0.3) is 5.91 Å². The third-order valence-electron chi connectivity index (χ3n) is 5.82. The molecule has 3 aromatic rings. The van der Waals surface area contributed by atoms with Crippen molar-refractivity contribution in [3.63, 3.8) is 0 Å². The Morgan fingerprint density at radius 3 is 2.77 bits per heavy atom. The van der Waals surface area contributed by atoms with Crippen LogP contribution in [0.5, 0.6) is 5.75 Å². The van der Waals surface area contributed by atoms with Gasteiger partial charge in [0.15, 0.2) is 6.10 Å². The van der Waals surface area contributed by atoms with Crippen LogP contribution in [0, 0.1) is 5.82 Å². The summed E-state index contributed by atoms with van der Waals surface area (Å²) in [5.74, 6) is -0.760. The molecule has 184 valence electrons. The summed E-state index contributed by atoms with van der Waals surface area (Å²) in [6.07, 6.45) is 0.712. The van der Waals surface area contributed by atoms with Gasteiger partial charge < -0.3 is 19.4 Å². The van der Waals surface area contributed by atoms with Crippen molar-refractivity contribution in [2.45, 2.75) is 31.9 Å². The first-order valence-electron chi connectivity index (χ1n) is 11.1. The quantitative estimate of drug-likeness (QED) is 0.385. The molecule has 1 aromatic heterocycles. The second-order valence-electron chi connectivity index (χ2n) is 8.35. The number of alkyl halides is 1. The van der Waals surface area contributed by atoms with E-state index in [9.17, 15) is 18.8 Å². The molecule has 7 nitrogen and oxygen atoms in total. The van der Waals surface area contributed by atoms with Crippen molar-refractivity contribution in [2.75, 3.05) is 19.0 Å². The summed E-state index contributed by atoms with van der Waals surface area (Å²) in [7, 11) is 0. The molecule has 10 heteroatoms. The van der Waals surface area contributed by atoms with Crippen molar-refractivity contribution >= 4 is 46.0 Å². The van der Waals surface area contributed by atoms with Crippen molar-refractivity contribution in [3.8, 4) is 16.9 Å². The van der Waals surface area contributed by atoms with Crippen molar-refractivity contribution in [1.82, 2.24) is 10.2 Å². The molecular weight excluding hydrogens is 498 g/mol. The van der Waals surface area contributed by atoms with Gasteiger partial charge in [0.1, 0.15) is 23.0 Å². The second-order valence-corrected chi connectivity index (χ2v) is 9.02. The van der Waals surface area contributed by atoms with Gasteiger partial charge in [-0.3, -0.25) is 9.59 Å². The highest BCUT2D eigenvalue weighted by molar-refractivity contribution is 6.33. The SMILES string of the molecule is C[C@@H](Oc1ccc2c(-c3ccc(F)cc3Cl)cc(=O)oc2c1)C(=O)N1CCC[C@H](NC(=O)CCl)C1. The number of benzene rings is 2. The van der Waals surface area contributed by atoms with Crippen LogP contribution < -0.4 is 15.7 Å². The van der Waals surface area contributed by atoms with Crippen LogP contribution in [0.15, 0.2) is 51.7 Å². The number of likely N-dealkylation sites (tertiary alicyclic amines) is 1. The molecule has 0 spiro atoms. The van der Waals surface area contributed by atoms with E-state index in [1.807, 2.05) is 0 Å². The number of amides is 2. The largest absolute Gasteiger partial charge is 0.481 e. The van der Waals surface area contributed by atoms with Crippen LogP contribution in [-0.2, 0) is 9.59 Å². The Bertz CT molecular complexity index is 1330. The number of halogens is 3. The molecule has 2 aromatic carbocycles. The summed E-state index contributed by atoms with van der Waals surface area (Å²) >= 11 is 11.8. The lowest BCUT2D eigenvalue weighted by molar-refractivity contribution is -0.139. The Morgan fingerprint density at radius 1 is 1.23 bits per heavy atom. The number of ether oxygens (including phenoxy) is 1. The van der Waals surface area contributed by atoms with E-state index in [1.54, 1.807) is 24.0 Å². The molecule has 0 bridgehead atoms. The Labute approximate surface area is 210 Å². The molecule has 1 aliphatic heterocycles. The average Bonchev–Trinajstić information content (AvgIpc) is 2.83. The molecule has 1 fully saturated rings. The fraction of sp³-hybridized carbons (Fsp3) is 0.320. The number of nitrogens with one attached hydrogen (secondary N) is 1. The van der Waals surface area contributed by atoms with Crippen LogP contribution in [0.1, 0.15) is 19.8 Å². The summed E-state index contributed by atoms with van der Waals surface area (Å²) < 4.78 is 24.7.